The van der Waals surface area contributed by atoms with Crippen LogP contribution in [0.25, 0.3) is 0 Å². The maximum absolute atomic E-state index is 11.7. The smallest absolute Gasteiger partial charge is 0.303 e. The maximum atomic E-state index is 11.7. The van der Waals surface area contributed by atoms with E-state index in [0.29, 0.717) is 44.5 Å². The molecule has 1 aromatic rings. The molecule has 0 atom stereocenters. The molecular formula is C15H22N2O5. The van der Waals surface area contributed by atoms with Crippen LogP contribution in [0.2, 0.25) is 0 Å². The number of hydrogen-bond donors (Lipinski definition) is 3. The van der Waals surface area contributed by atoms with Gasteiger partial charge in [-0.1, -0.05) is 0 Å². The number of nitrogens with one attached hydrogen (secondary N) is 2. The first-order valence-corrected chi connectivity index (χ1v) is 7.31. The normalized spacial score (nSPS) is 10.2. The van der Waals surface area contributed by atoms with Crippen LogP contribution in [-0.2, 0) is 9.59 Å². The lowest BCUT2D eigenvalue weighted by molar-refractivity contribution is -0.137. The van der Waals surface area contributed by atoms with E-state index in [4.69, 9.17) is 9.52 Å². The molecule has 0 radical (unpaired) electrons. The summed E-state index contributed by atoms with van der Waals surface area (Å²) in [4.78, 5) is 33.5. The van der Waals surface area contributed by atoms with Gasteiger partial charge in [-0.2, -0.15) is 0 Å². The number of carbonyl (C=O) groups excluding carboxylic acids is 2. The van der Waals surface area contributed by atoms with Gasteiger partial charge in [0.05, 0.1) is 6.26 Å². The summed E-state index contributed by atoms with van der Waals surface area (Å²) in [6.45, 7) is 2.70. The third kappa shape index (κ3) is 6.92. The predicted octanol–water partition coefficient (Wildman–Crippen LogP) is 1.47. The molecule has 0 spiro atoms. The molecule has 0 unspecified atom stereocenters. The number of rotatable bonds is 10. The highest BCUT2D eigenvalue weighted by Crippen LogP contribution is 2.07. The second-order valence-electron chi connectivity index (χ2n) is 4.99. The second-order valence-corrected chi connectivity index (χ2v) is 4.99. The van der Waals surface area contributed by atoms with Gasteiger partial charge in [0, 0.05) is 31.5 Å². The van der Waals surface area contributed by atoms with Crippen molar-refractivity contribution < 1.29 is 23.9 Å². The lowest BCUT2D eigenvalue weighted by Crippen LogP contribution is -2.29. The van der Waals surface area contributed by atoms with Crippen LogP contribution < -0.4 is 10.6 Å². The highest BCUT2D eigenvalue weighted by molar-refractivity contribution is 5.92. The summed E-state index contributed by atoms with van der Waals surface area (Å²) < 4.78 is 5.07. The van der Waals surface area contributed by atoms with Crippen molar-refractivity contribution in [2.75, 3.05) is 13.1 Å². The molecule has 7 nitrogen and oxygen atoms in total. The van der Waals surface area contributed by atoms with Crippen LogP contribution in [0.3, 0.4) is 0 Å². The Morgan fingerprint density at radius 2 is 1.77 bits per heavy atom. The Kier molecular flexibility index (Phi) is 7.74. The van der Waals surface area contributed by atoms with Gasteiger partial charge in [-0.05, 0) is 32.3 Å². The van der Waals surface area contributed by atoms with Gasteiger partial charge in [0.25, 0.3) is 5.91 Å². The quantitative estimate of drug-likeness (QED) is 0.567. The Morgan fingerprint density at radius 1 is 1.09 bits per heavy atom. The monoisotopic (exact) mass is 310 g/mol. The minimum atomic E-state index is -0.844. The molecule has 1 rings (SSSR count). The maximum Gasteiger partial charge on any atom is 0.303 e. The Morgan fingerprint density at radius 3 is 2.41 bits per heavy atom. The van der Waals surface area contributed by atoms with E-state index in [1.54, 1.807) is 13.0 Å². The van der Waals surface area contributed by atoms with E-state index in [1.165, 1.54) is 6.26 Å². The fourth-order valence-corrected chi connectivity index (χ4v) is 1.85. The summed E-state index contributed by atoms with van der Waals surface area (Å²) >= 11 is 0. The Bertz CT molecular complexity index is 510. The number of carboxylic acids is 1. The summed E-state index contributed by atoms with van der Waals surface area (Å²) in [6, 6.07) is 1.72. The molecule has 122 valence electrons. The molecule has 0 saturated carbocycles. The van der Waals surface area contributed by atoms with Gasteiger partial charge in [-0.25, -0.2) is 0 Å². The van der Waals surface area contributed by atoms with Crippen molar-refractivity contribution >= 4 is 17.8 Å². The Balaban J connectivity index is 2.03. The molecule has 0 bridgehead atoms. The van der Waals surface area contributed by atoms with Crippen LogP contribution in [0.15, 0.2) is 16.7 Å². The van der Waals surface area contributed by atoms with Crippen molar-refractivity contribution in [3.63, 3.8) is 0 Å². The lowest BCUT2D eigenvalue weighted by atomic mass is 10.2. The highest BCUT2D eigenvalue weighted by atomic mass is 16.4. The summed E-state index contributed by atoms with van der Waals surface area (Å²) in [6.07, 6.45) is 3.56. The first-order valence-electron chi connectivity index (χ1n) is 7.31. The molecule has 0 aliphatic heterocycles. The fourth-order valence-electron chi connectivity index (χ4n) is 1.85. The number of amides is 2. The van der Waals surface area contributed by atoms with Crippen LogP contribution in [0, 0.1) is 6.92 Å². The number of unbranched alkanes of at least 4 members (excludes halogenated alkanes) is 1. The second kappa shape index (κ2) is 9.59. The van der Waals surface area contributed by atoms with Crippen molar-refractivity contribution in [2.24, 2.45) is 0 Å². The number of furan rings is 1. The summed E-state index contributed by atoms with van der Waals surface area (Å²) in [5.41, 5.74) is 0.784. The molecule has 0 saturated heterocycles. The highest BCUT2D eigenvalue weighted by Gasteiger charge is 2.11. The van der Waals surface area contributed by atoms with E-state index in [2.05, 4.69) is 10.6 Å². The summed E-state index contributed by atoms with van der Waals surface area (Å²) in [7, 11) is 0. The molecule has 3 N–H and O–H groups in total. The zero-order chi connectivity index (χ0) is 16.4. The summed E-state index contributed by atoms with van der Waals surface area (Å²) in [5, 5.41) is 13.9. The zero-order valence-electron chi connectivity index (χ0n) is 12.7. The van der Waals surface area contributed by atoms with Gasteiger partial charge >= 0.3 is 5.97 Å². The van der Waals surface area contributed by atoms with Gasteiger partial charge < -0.3 is 20.2 Å². The minimum absolute atomic E-state index is 0.0888. The summed E-state index contributed by atoms with van der Waals surface area (Å²) in [5.74, 6) is -0.897. The molecule has 22 heavy (non-hydrogen) atoms. The number of carbonyl (C=O) groups is 3. The van der Waals surface area contributed by atoms with Crippen LogP contribution >= 0.6 is 0 Å². The van der Waals surface area contributed by atoms with Crippen molar-refractivity contribution in [1.29, 1.82) is 0 Å². The standard InChI is InChI=1S/C15H22N2O5/c1-11-7-10-22-14(11)15(21)17-9-4-8-16-12(18)5-2-3-6-13(19)20/h7,10H,2-6,8-9H2,1H3,(H,16,18)(H,17,21)(H,19,20). The van der Waals surface area contributed by atoms with E-state index >= 15 is 0 Å². The van der Waals surface area contributed by atoms with Gasteiger partial charge in [0.1, 0.15) is 0 Å². The average molecular weight is 310 g/mol. The molecule has 7 heteroatoms. The van der Waals surface area contributed by atoms with Crippen molar-refractivity contribution in [3.8, 4) is 0 Å². The van der Waals surface area contributed by atoms with Crippen LogP contribution in [0.1, 0.15) is 48.2 Å². The topological polar surface area (TPSA) is 109 Å². The zero-order valence-corrected chi connectivity index (χ0v) is 12.7. The SMILES string of the molecule is Cc1ccoc1C(=O)NCCCNC(=O)CCCCC(=O)O. The molecule has 0 fully saturated rings. The molecule has 0 aliphatic carbocycles. The van der Waals surface area contributed by atoms with Crippen LogP contribution in [-0.4, -0.2) is 36.0 Å². The first-order chi connectivity index (χ1) is 10.5. The molecule has 1 aromatic heterocycles. The van der Waals surface area contributed by atoms with Crippen molar-refractivity contribution in [1.82, 2.24) is 10.6 Å². The van der Waals surface area contributed by atoms with E-state index < -0.39 is 5.97 Å². The van der Waals surface area contributed by atoms with Gasteiger partial charge in [0.15, 0.2) is 5.76 Å². The van der Waals surface area contributed by atoms with Crippen LogP contribution in [0.4, 0.5) is 0 Å². The van der Waals surface area contributed by atoms with Crippen molar-refractivity contribution in [2.45, 2.75) is 39.0 Å². The van der Waals surface area contributed by atoms with Gasteiger partial charge in [-0.3, -0.25) is 14.4 Å². The van der Waals surface area contributed by atoms with E-state index in [0.717, 1.165) is 5.56 Å². The Hall–Kier alpha value is -2.31. The lowest BCUT2D eigenvalue weighted by Gasteiger charge is -2.06. The minimum Gasteiger partial charge on any atom is -0.481 e. The third-order valence-electron chi connectivity index (χ3n) is 3.07. The van der Waals surface area contributed by atoms with Crippen LogP contribution in [0.5, 0.6) is 0 Å². The number of aryl methyl sites for hydroxylation is 1. The Labute approximate surface area is 129 Å². The van der Waals surface area contributed by atoms with E-state index in [-0.39, 0.29) is 18.2 Å². The molecular weight excluding hydrogens is 288 g/mol. The number of carboxylic acid groups (broad SMARTS) is 1. The van der Waals surface area contributed by atoms with Gasteiger partial charge in [0.2, 0.25) is 5.91 Å². The number of aliphatic carboxylic acids is 1. The molecule has 1 heterocycles. The van der Waals surface area contributed by atoms with Gasteiger partial charge in [-0.15, -0.1) is 0 Å². The fraction of sp³-hybridized carbons (Fsp3) is 0.533. The van der Waals surface area contributed by atoms with Crippen molar-refractivity contribution in [3.05, 3.63) is 23.7 Å². The largest absolute Gasteiger partial charge is 0.481 e. The average Bonchev–Trinajstić information content (AvgIpc) is 2.89. The molecule has 2 amide bonds. The van der Waals surface area contributed by atoms with E-state index in [9.17, 15) is 14.4 Å². The third-order valence-corrected chi connectivity index (χ3v) is 3.07. The number of hydrogen-bond acceptors (Lipinski definition) is 4. The van der Waals surface area contributed by atoms with E-state index in [1.807, 2.05) is 0 Å². The first kappa shape index (κ1) is 17.7. The molecule has 0 aliphatic rings. The predicted molar refractivity (Wildman–Crippen MR) is 79.5 cm³/mol. The molecule has 0 aromatic carbocycles.